The number of aromatic nitrogens is 4. The SMILES string of the molecule is CN=C(NCCCc1nc(C)no1)N(C)Cc1ncc(-c2ccccc2)[nH]1. The van der Waals surface area contributed by atoms with E-state index in [9.17, 15) is 0 Å². The third kappa shape index (κ3) is 5.16. The van der Waals surface area contributed by atoms with Gasteiger partial charge in [0.15, 0.2) is 11.8 Å². The normalized spacial score (nSPS) is 11.6. The highest BCUT2D eigenvalue weighted by atomic mass is 16.5. The number of benzene rings is 1. The van der Waals surface area contributed by atoms with Crippen LogP contribution in [0.1, 0.15) is 24.0 Å². The Balaban J connectivity index is 1.48. The second-order valence-electron chi connectivity index (χ2n) is 6.28. The number of aliphatic imine (C=N–C) groups is 1. The van der Waals surface area contributed by atoms with E-state index in [1.54, 1.807) is 7.05 Å². The molecule has 142 valence electrons. The Kier molecular flexibility index (Phi) is 6.19. The standard InChI is InChI=1S/C19H25N7O/c1-14-23-18(27-25-14)10-7-11-21-19(20-2)26(3)13-17-22-12-16(24-17)15-8-5-4-6-9-15/h4-6,8-9,12H,7,10-11,13H2,1-3H3,(H,20,21)(H,22,24). The van der Waals surface area contributed by atoms with E-state index in [1.165, 1.54) is 0 Å². The maximum absolute atomic E-state index is 5.12. The monoisotopic (exact) mass is 367 g/mol. The van der Waals surface area contributed by atoms with Crippen molar-refractivity contribution in [2.45, 2.75) is 26.3 Å². The fourth-order valence-electron chi connectivity index (χ4n) is 2.77. The largest absolute Gasteiger partial charge is 0.356 e. The van der Waals surface area contributed by atoms with Gasteiger partial charge in [-0.15, -0.1) is 0 Å². The number of nitrogens with one attached hydrogen (secondary N) is 2. The lowest BCUT2D eigenvalue weighted by molar-refractivity contribution is 0.371. The van der Waals surface area contributed by atoms with Gasteiger partial charge in [0.25, 0.3) is 0 Å². The number of hydrogen-bond donors (Lipinski definition) is 2. The molecule has 3 rings (SSSR count). The van der Waals surface area contributed by atoms with Crippen LogP contribution in [0.3, 0.4) is 0 Å². The van der Waals surface area contributed by atoms with Crippen LogP contribution in [0.4, 0.5) is 0 Å². The van der Waals surface area contributed by atoms with Crippen molar-refractivity contribution < 1.29 is 4.52 Å². The topological polar surface area (TPSA) is 95.2 Å². The fraction of sp³-hybridized carbons (Fsp3) is 0.368. The van der Waals surface area contributed by atoms with Crippen molar-refractivity contribution in [3.8, 4) is 11.3 Å². The minimum atomic E-state index is 0.634. The van der Waals surface area contributed by atoms with Crippen molar-refractivity contribution in [3.05, 3.63) is 54.1 Å². The number of imidazole rings is 1. The molecule has 1 aromatic carbocycles. The first-order valence-electron chi connectivity index (χ1n) is 8.96. The number of nitrogens with zero attached hydrogens (tertiary/aromatic N) is 5. The fourth-order valence-corrected chi connectivity index (χ4v) is 2.77. The molecule has 2 aromatic heterocycles. The molecular weight excluding hydrogens is 342 g/mol. The van der Waals surface area contributed by atoms with Crippen molar-refractivity contribution in [3.63, 3.8) is 0 Å². The summed E-state index contributed by atoms with van der Waals surface area (Å²) in [6.07, 6.45) is 3.49. The van der Waals surface area contributed by atoms with Crippen LogP contribution in [-0.2, 0) is 13.0 Å². The molecule has 0 unspecified atom stereocenters. The van der Waals surface area contributed by atoms with Gasteiger partial charge in [0, 0.05) is 27.1 Å². The maximum Gasteiger partial charge on any atom is 0.226 e. The van der Waals surface area contributed by atoms with E-state index < -0.39 is 0 Å². The highest BCUT2D eigenvalue weighted by Crippen LogP contribution is 2.16. The zero-order valence-corrected chi connectivity index (χ0v) is 15.9. The lowest BCUT2D eigenvalue weighted by Gasteiger charge is -2.21. The van der Waals surface area contributed by atoms with E-state index in [1.807, 2.05) is 43.3 Å². The molecule has 8 nitrogen and oxygen atoms in total. The van der Waals surface area contributed by atoms with E-state index in [4.69, 9.17) is 4.52 Å². The highest BCUT2D eigenvalue weighted by Gasteiger charge is 2.10. The van der Waals surface area contributed by atoms with Gasteiger partial charge in [0.2, 0.25) is 5.89 Å². The molecule has 0 saturated carbocycles. The van der Waals surface area contributed by atoms with E-state index in [2.05, 4.69) is 42.6 Å². The van der Waals surface area contributed by atoms with Crippen LogP contribution in [-0.4, -0.2) is 51.6 Å². The Morgan fingerprint density at radius 3 is 2.81 bits per heavy atom. The molecule has 0 aliphatic heterocycles. The Morgan fingerprint density at radius 2 is 2.11 bits per heavy atom. The summed E-state index contributed by atoms with van der Waals surface area (Å²) >= 11 is 0. The lowest BCUT2D eigenvalue weighted by Crippen LogP contribution is -2.39. The maximum atomic E-state index is 5.12. The molecule has 0 bridgehead atoms. The van der Waals surface area contributed by atoms with Crippen LogP contribution in [0, 0.1) is 6.92 Å². The molecule has 0 aliphatic rings. The number of H-pyrrole nitrogens is 1. The summed E-state index contributed by atoms with van der Waals surface area (Å²) in [4.78, 5) is 18.4. The predicted molar refractivity (Wildman–Crippen MR) is 104 cm³/mol. The van der Waals surface area contributed by atoms with Crippen LogP contribution >= 0.6 is 0 Å². The second kappa shape index (κ2) is 8.98. The van der Waals surface area contributed by atoms with E-state index in [0.29, 0.717) is 18.3 Å². The molecule has 8 heteroatoms. The van der Waals surface area contributed by atoms with Gasteiger partial charge >= 0.3 is 0 Å². The first kappa shape index (κ1) is 18.6. The Morgan fingerprint density at radius 1 is 1.30 bits per heavy atom. The van der Waals surface area contributed by atoms with Crippen molar-refractivity contribution >= 4 is 5.96 Å². The van der Waals surface area contributed by atoms with E-state index in [-0.39, 0.29) is 0 Å². The van der Waals surface area contributed by atoms with Gasteiger partial charge in [0.05, 0.1) is 18.4 Å². The molecule has 3 aromatic rings. The molecule has 0 spiro atoms. The molecule has 0 saturated heterocycles. The van der Waals surface area contributed by atoms with Gasteiger partial charge in [-0.1, -0.05) is 35.5 Å². The predicted octanol–water partition coefficient (Wildman–Crippen LogP) is 2.41. The lowest BCUT2D eigenvalue weighted by atomic mass is 10.2. The second-order valence-corrected chi connectivity index (χ2v) is 6.28. The van der Waals surface area contributed by atoms with Crippen molar-refractivity contribution in [1.29, 1.82) is 0 Å². The van der Waals surface area contributed by atoms with Crippen LogP contribution in [0.15, 0.2) is 46.0 Å². The third-order valence-corrected chi connectivity index (χ3v) is 4.09. The molecule has 0 atom stereocenters. The van der Waals surface area contributed by atoms with Crippen LogP contribution < -0.4 is 5.32 Å². The summed E-state index contributed by atoms with van der Waals surface area (Å²) in [5.41, 5.74) is 2.13. The molecule has 0 fully saturated rings. The Hall–Kier alpha value is -3.16. The quantitative estimate of drug-likeness (QED) is 0.378. The molecule has 0 amide bonds. The Bertz CT molecular complexity index is 869. The summed E-state index contributed by atoms with van der Waals surface area (Å²) < 4.78 is 5.12. The molecule has 0 aliphatic carbocycles. The summed E-state index contributed by atoms with van der Waals surface area (Å²) in [5, 5.41) is 7.15. The zero-order chi connectivity index (χ0) is 19.1. The number of guanidine groups is 1. The van der Waals surface area contributed by atoms with Gasteiger partial charge in [0.1, 0.15) is 5.82 Å². The molecule has 0 radical (unpaired) electrons. The molecule has 2 N–H and O–H groups in total. The minimum absolute atomic E-state index is 0.634. The van der Waals surface area contributed by atoms with Gasteiger partial charge < -0.3 is 19.7 Å². The third-order valence-electron chi connectivity index (χ3n) is 4.09. The average Bonchev–Trinajstić information content (AvgIpc) is 3.31. The van der Waals surface area contributed by atoms with Gasteiger partial charge in [-0.2, -0.15) is 4.98 Å². The first-order chi connectivity index (χ1) is 13.2. The highest BCUT2D eigenvalue weighted by molar-refractivity contribution is 5.79. The van der Waals surface area contributed by atoms with Gasteiger partial charge in [-0.3, -0.25) is 4.99 Å². The van der Waals surface area contributed by atoms with Gasteiger partial charge in [-0.25, -0.2) is 4.98 Å². The summed E-state index contributed by atoms with van der Waals surface area (Å²) in [6, 6.07) is 10.2. The molecular formula is C19H25N7O. The van der Waals surface area contributed by atoms with Crippen molar-refractivity contribution in [1.82, 2.24) is 30.3 Å². The molecule has 2 heterocycles. The van der Waals surface area contributed by atoms with E-state index >= 15 is 0 Å². The van der Waals surface area contributed by atoms with Crippen molar-refractivity contribution in [2.24, 2.45) is 4.99 Å². The first-order valence-corrected chi connectivity index (χ1v) is 8.96. The average molecular weight is 367 g/mol. The van der Waals surface area contributed by atoms with Crippen LogP contribution in [0.5, 0.6) is 0 Å². The number of rotatable bonds is 7. The van der Waals surface area contributed by atoms with Crippen LogP contribution in [0.25, 0.3) is 11.3 Å². The smallest absolute Gasteiger partial charge is 0.226 e. The summed E-state index contributed by atoms with van der Waals surface area (Å²) in [7, 11) is 3.76. The summed E-state index contributed by atoms with van der Waals surface area (Å²) in [6.45, 7) is 3.22. The van der Waals surface area contributed by atoms with E-state index in [0.717, 1.165) is 42.4 Å². The van der Waals surface area contributed by atoms with Crippen molar-refractivity contribution in [2.75, 3.05) is 20.6 Å². The zero-order valence-electron chi connectivity index (χ0n) is 15.9. The minimum Gasteiger partial charge on any atom is -0.356 e. The summed E-state index contributed by atoms with van der Waals surface area (Å²) in [5.74, 6) is 3.04. The molecule has 27 heavy (non-hydrogen) atoms. The Labute approximate surface area is 158 Å². The number of hydrogen-bond acceptors (Lipinski definition) is 5. The van der Waals surface area contributed by atoms with Crippen LogP contribution in [0.2, 0.25) is 0 Å². The number of aromatic amines is 1. The number of aryl methyl sites for hydroxylation is 2. The van der Waals surface area contributed by atoms with Gasteiger partial charge in [-0.05, 0) is 18.9 Å².